The van der Waals surface area contributed by atoms with Gasteiger partial charge in [-0.25, -0.2) is 14.8 Å². The van der Waals surface area contributed by atoms with Gasteiger partial charge in [0.2, 0.25) is 5.91 Å². The maximum absolute atomic E-state index is 12.6. The van der Waals surface area contributed by atoms with E-state index < -0.39 is 11.4 Å². The molecule has 164 valence electrons. The summed E-state index contributed by atoms with van der Waals surface area (Å²) in [5.74, 6) is -0.127. The average Bonchev–Trinajstić information content (AvgIpc) is 2.78. The Balaban J connectivity index is 1.59. The Morgan fingerprint density at radius 1 is 1.06 bits per heavy atom. The molecule has 8 heteroatoms. The van der Waals surface area contributed by atoms with Crippen molar-refractivity contribution in [1.82, 2.24) is 20.2 Å². The first-order valence-corrected chi connectivity index (χ1v) is 10.3. The molecule has 1 aromatic heterocycles. The number of nitrogens with zero attached hydrogens (tertiary/aromatic N) is 3. The van der Waals surface area contributed by atoms with Crippen LogP contribution in [-0.4, -0.2) is 58.9 Å². The van der Waals surface area contributed by atoms with E-state index in [1.165, 1.54) is 19.5 Å². The Labute approximate surface area is 182 Å². The van der Waals surface area contributed by atoms with Crippen molar-refractivity contribution in [3.05, 3.63) is 47.8 Å². The number of hydrogen-bond acceptors (Lipinski definition) is 6. The van der Waals surface area contributed by atoms with Crippen LogP contribution >= 0.6 is 0 Å². The molecule has 8 nitrogen and oxygen atoms in total. The monoisotopic (exact) mass is 424 g/mol. The van der Waals surface area contributed by atoms with Gasteiger partial charge in [0.1, 0.15) is 0 Å². The molecule has 0 saturated carbocycles. The maximum atomic E-state index is 12.6. The summed E-state index contributed by atoms with van der Waals surface area (Å²) in [5.41, 5.74) is 1.03. The molecule has 1 aromatic carbocycles. The fraction of sp³-hybridized carbons (Fsp3) is 0.435. The van der Waals surface area contributed by atoms with Crippen LogP contribution in [0.5, 0.6) is 0 Å². The zero-order valence-corrected chi connectivity index (χ0v) is 18.3. The number of rotatable bonds is 4. The van der Waals surface area contributed by atoms with Gasteiger partial charge in [0.05, 0.1) is 18.2 Å². The minimum atomic E-state index is -0.437. The molecule has 1 fully saturated rings. The third-order valence-electron chi connectivity index (χ3n) is 5.21. The summed E-state index contributed by atoms with van der Waals surface area (Å²) in [6.45, 7) is 7.01. The minimum Gasteiger partial charge on any atom is -0.465 e. The molecule has 2 amide bonds. The smallest absolute Gasteiger partial charge is 0.337 e. The molecule has 3 rings (SSSR count). The lowest BCUT2D eigenvalue weighted by Crippen LogP contribution is -2.49. The van der Waals surface area contributed by atoms with E-state index in [1.54, 1.807) is 24.3 Å². The van der Waals surface area contributed by atoms with Gasteiger partial charge in [-0.2, -0.15) is 0 Å². The zero-order chi connectivity index (χ0) is 22.6. The fourth-order valence-corrected chi connectivity index (χ4v) is 3.47. The quantitative estimate of drug-likeness (QED) is 0.758. The first-order valence-electron chi connectivity index (χ1n) is 10.3. The summed E-state index contributed by atoms with van der Waals surface area (Å²) < 4.78 is 4.73. The van der Waals surface area contributed by atoms with E-state index in [4.69, 9.17) is 4.74 Å². The van der Waals surface area contributed by atoms with Crippen LogP contribution in [0.25, 0.3) is 11.4 Å². The van der Waals surface area contributed by atoms with Gasteiger partial charge in [-0.1, -0.05) is 32.9 Å². The molecule has 0 aliphatic carbocycles. The lowest BCUT2D eigenvalue weighted by molar-refractivity contribution is -0.140. The standard InChI is InChI=1S/C23H28N4O4/c1-23(2,3)22(30)27-10-8-18(9-11-27)26-20(28)17-13-24-19(25-14-17)15-6-5-7-16(12-15)21(29)31-4/h5-7,12-14,18H,8-11H2,1-4H3,(H,26,28). The third-order valence-corrected chi connectivity index (χ3v) is 5.21. The van der Waals surface area contributed by atoms with Crippen molar-refractivity contribution in [2.75, 3.05) is 20.2 Å². The third kappa shape index (κ3) is 5.45. The predicted molar refractivity (Wildman–Crippen MR) is 115 cm³/mol. The first kappa shape index (κ1) is 22.4. The van der Waals surface area contributed by atoms with Gasteiger partial charge in [-0.05, 0) is 25.0 Å². The Bertz CT molecular complexity index is 958. The number of amides is 2. The summed E-state index contributed by atoms with van der Waals surface area (Å²) in [6.07, 6.45) is 4.38. The second-order valence-corrected chi connectivity index (χ2v) is 8.66. The van der Waals surface area contributed by atoms with E-state index in [9.17, 15) is 14.4 Å². The van der Waals surface area contributed by atoms with Crippen LogP contribution in [0.3, 0.4) is 0 Å². The minimum absolute atomic E-state index is 0.00735. The van der Waals surface area contributed by atoms with Crippen LogP contribution in [0.4, 0.5) is 0 Å². The highest BCUT2D eigenvalue weighted by molar-refractivity contribution is 5.94. The number of carbonyl (C=O) groups excluding carboxylic acids is 3. The van der Waals surface area contributed by atoms with Crippen molar-refractivity contribution < 1.29 is 19.1 Å². The number of hydrogen-bond donors (Lipinski definition) is 1. The van der Waals surface area contributed by atoms with Crippen LogP contribution in [-0.2, 0) is 9.53 Å². The molecular weight excluding hydrogens is 396 g/mol. The highest BCUT2D eigenvalue weighted by Crippen LogP contribution is 2.21. The van der Waals surface area contributed by atoms with E-state index >= 15 is 0 Å². The van der Waals surface area contributed by atoms with E-state index in [0.29, 0.717) is 48.4 Å². The molecule has 1 saturated heterocycles. The van der Waals surface area contributed by atoms with Crippen molar-refractivity contribution in [3.8, 4) is 11.4 Å². The van der Waals surface area contributed by atoms with Gasteiger partial charge in [0.25, 0.3) is 5.91 Å². The van der Waals surface area contributed by atoms with Gasteiger partial charge < -0.3 is 15.0 Å². The molecule has 31 heavy (non-hydrogen) atoms. The van der Waals surface area contributed by atoms with E-state index in [2.05, 4.69) is 15.3 Å². The molecule has 1 N–H and O–H groups in total. The molecule has 2 aromatic rings. The topological polar surface area (TPSA) is 101 Å². The van der Waals surface area contributed by atoms with Crippen molar-refractivity contribution in [2.45, 2.75) is 39.7 Å². The average molecular weight is 425 g/mol. The maximum Gasteiger partial charge on any atom is 0.337 e. The van der Waals surface area contributed by atoms with Crippen LogP contribution in [0.2, 0.25) is 0 Å². The van der Waals surface area contributed by atoms with Crippen molar-refractivity contribution in [2.24, 2.45) is 5.41 Å². The van der Waals surface area contributed by atoms with E-state index in [-0.39, 0.29) is 17.9 Å². The number of benzene rings is 1. The second-order valence-electron chi connectivity index (χ2n) is 8.66. The van der Waals surface area contributed by atoms with Crippen molar-refractivity contribution in [3.63, 3.8) is 0 Å². The summed E-state index contributed by atoms with van der Waals surface area (Å²) in [7, 11) is 1.32. The number of nitrogens with one attached hydrogen (secondary N) is 1. The highest BCUT2D eigenvalue weighted by Gasteiger charge is 2.30. The number of esters is 1. The summed E-state index contributed by atoms with van der Waals surface area (Å²) in [6, 6.07) is 6.81. The molecule has 1 aliphatic rings. The van der Waals surface area contributed by atoms with Gasteiger partial charge >= 0.3 is 5.97 Å². The number of likely N-dealkylation sites (tertiary alicyclic amines) is 1. The second kappa shape index (κ2) is 9.24. The predicted octanol–water partition coefficient (Wildman–Crippen LogP) is 2.70. The number of methoxy groups -OCH3 is 1. The number of ether oxygens (including phenoxy) is 1. The Morgan fingerprint density at radius 3 is 2.29 bits per heavy atom. The lowest BCUT2D eigenvalue weighted by atomic mass is 9.93. The SMILES string of the molecule is COC(=O)c1cccc(-c2ncc(C(=O)NC3CCN(C(=O)C(C)(C)C)CC3)cn2)c1. The lowest BCUT2D eigenvalue weighted by Gasteiger charge is -2.36. The molecular formula is C23H28N4O4. The van der Waals surface area contributed by atoms with Gasteiger partial charge in [0, 0.05) is 42.5 Å². The summed E-state index contributed by atoms with van der Waals surface area (Å²) >= 11 is 0. The van der Waals surface area contributed by atoms with Gasteiger partial charge in [-0.15, -0.1) is 0 Å². The summed E-state index contributed by atoms with van der Waals surface area (Å²) in [5, 5.41) is 3.01. The van der Waals surface area contributed by atoms with Crippen LogP contribution < -0.4 is 5.32 Å². The largest absolute Gasteiger partial charge is 0.465 e. The van der Waals surface area contributed by atoms with Crippen molar-refractivity contribution in [1.29, 1.82) is 0 Å². The number of piperidine rings is 1. The molecule has 0 unspecified atom stereocenters. The normalized spacial score (nSPS) is 14.8. The van der Waals surface area contributed by atoms with Crippen LogP contribution in [0, 0.1) is 5.41 Å². The molecule has 0 radical (unpaired) electrons. The number of aromatic nitrogens is 2. The molecule has 0 bridgehead atoms. The first-order chi connectivity index (χ1) is 14.7. The fourth-order valence-electron chi connectivity index (χ4n) is 3.47. The zero-order valence-electron chi connectivity index (χ0n) is 18.3. The van der Waals surface area contributed by atoms with Crippen molar-refractivity contribution >= 4 is 17.8 Å². The van der Waals surface area contributed by atoms with Crippen LogP contribution in [0.15, 0.2) is 36.7 Å². The molecule has 0 atom stereocenters. The molecule has 0 spiro atoms. The summed E-state index contributed by atoms with van der Waals surface area (Å²) in [4.78, 5) is 47.1. The molecule has 2 heterocycles. The van der Waals surface area contributed by atoms with E-state index in [1.807, 2.05) is 25.7 Å². The van der Waals surface area contributed by atoms with Gasteiger partial charge in [0.15, 0.2) is 5.82 Å². The Kier molecular flexibility index (Phi) is 6.68. The Morgan fingerprint density at radius 2 is 1.71 bits per heavy atom. The molecule has 1 aliphatic heterocycles. The van der Waals surface area contributed by atoms with Gasteiger partial charge in [-0.3, -0.25) is 9.59 Å². The van der Waals surface area contributed by atoms with E-state index in [0.717, 1.165) is 0 Å². The Hall–Kier alpha value is -3.29. The van der Waals surface area contributed by atoms with Crippen LogP contribution in [0.1, 0.15) is 54.3 Å². The number of carbonyl (C=O) groups is 3. The highest BCUT2D eigenvalue weighted by atomic mass is 16.5.